The molecule has 4 nitrogen and oxygen atoms in total. The fraction of sp³-hybridized carbons (Fsp3) is 0. The molecule has 9 aromatic rings. The molecule has 0 amide bonds. The second kappa shape index (κ2) is 12.2. The van der Waals surface area contributed by atoms with Crippen molar-refractivity contribution in [3.63, 3.8) is 0 Å². The molecular formula is C45H30N4. The monoisotopic (exact) mass is 626 g/mol. The zero-order chi connectivity index (χ0) is 32.6. The quantitative estimate of drug-likeness (QED) is 0.184. The van der Waals surface area contributed by atoms with Gasteiger partial charge in [-0.15, -0.1) is 0 Å². The molecule has 7 aromatic carbocycles. The number of hydrogen-bond acceptors (Lipinski definition) is 3. The summed E-state index contributed by atoms with van der Waals surface area (Å²) in [5.74, 6) is 1.89. The molecule has 2 heterocycles. The third-order valence-corrected chi connectivity index (χ3v) is 9.08. The number of benzene rings is 7. The van der Waals surface area contributed by atoms with E-state index in [2.05, 4.69) is 144 Å². The second-order valence-corrected chi connectivity index (χ2v) is 12.1. The predicted octanol–water partition coefficient (Wildman–Crippen LogP) is 11.3. The molecule has 0 N–H and O–H groups in total. The van der Waals surface area contributed by atoms with Crippen LogP contribution in [0.4, 0.5) is 0 Å². The van der Waals surface area contributed by atoms with E-state index < -0.39 is 0 Å². The van der Waals surface area contributed by atoms with Crippen LogP contribution >= 0.6 is 0 Å². The topological polar surface area (TPSA) is 43.6 Å². The van der Waals surface area contributed by atoms with Gasteiger partial charge >= 0.3 is 0 Å². The smallest absolute Gasteiger partial charge is 0.164 e. The van der Waals surface area contributed by atoms with Crippen molar-refractivity contribution >= 4 is 21.8 Å². The lowest BCUT2D eigenvalue weighted by atomic mass is 9.99. The Hall–Kier alpha value is -6.65. The van der Waals surface area contributed by atoms with E-state index in [1.165, 1.54) is 10.8 Å². The number of hydrogen-bond donors (Lipinski definition) is 0. The average Bonchev–Trinajstić information content (AvgIpc) is 3.53. The van der Waals surface area contributed by atoms with Gasteiger partial charge in [-0.25, -0.2) is 15.0 Å². The predicted molar refractivity (Wildman–Crippen MR) is 201 cm³/mol. The Labute approximate surface area is 284 Å². The maximum atomic E-state index is 5.20. The SMILES string of the molecule is c1ccc(-c2nc(-c3ccc(-c4ccccc4)c(-n4c5ccccc5c5ccccc54)c3)nc(-c3ccccc3-c3ccccc3)n2)cc1. The summed E-state index contributed by atoms with van der Waals surface area (Å²) in [5, 5.41) is 2.43. The molecule has 0 radical (unpaired) electrons. The molecule has 0 bridgehead atoms. The van der Waals surface area contributed by atoms with Crippen LogP contribution in [0.5, 0.6) is 0 Å². The summed E-state index contributed by atoms with van der Waals surface area (Å²) in [7, 11) is 0. The van der Waals surface area contributed by atoms with Gasteiger partial charge < -0.3 is 4.57 Å². The largest absolute Gasteiger partial charge is 0.309 e. The maximum absolute atomic E-state index is 5.20. The van der Waals surface area contributed by atoms with Crippen molar-refractivity contribution in [1.82, 2.24) is 19.5 Å². The van der Waals surface area contributed by atoms with Crippen LogP contribution in [0.3, 0.4) is 0 Å². The van der Waals surface area contributed by atoms with Crippen molar-refractivity contribution < 1.29 is 0 Å². The Morgan fingerprint density at radius 3 is 1.37 bits per heavy atom. The summed E-state index contributed by atoms with van der Waals surface area (Å²) in [6, 6.07) is 63.3. The molecule has 0 atom stereocenters. The van der Waals surface area contributed by atoms with E-state index in [-0.39, 0.29) is 0 Å². The zero-order valence-electron chi connectivity index (χ0n) is 26.6. The number of aromatic nitrogens is 4. The number of rotatable bonds is 6. The lowest BCUT2D eigenvalue weighted by Gasteiger charge is -2.16. The lowest BCUT2D eigenvalue weighted by molar-refractivity contribution is 1.07. The van der Waals surface area contributed by atoms with E-state index >= 15 is 0 Å². The van der Waals surface area contributed by atoms with Crippen LogP contribution < -0.4 is 0 Å². The van der Waals surface area contributed by atoms with Crippen LogP contribution in [-0.2, 0) is 0 Å². The molecule has 0 saturated carbocycles. The van der Waals surface area contributed by atoms with Crippen LogP contribution in [0.15, 0.2) is 182 Å². The first-order valence-corrected chi connectivity index (χ1v) is 16.5. The highest BCUT2D eigenvalue weighted by molar-refractivity contribution is 6.09. The van der Waals surface area contributed by atoms with E-state index in [1.807, 2.05) is 42.5 Å². The van der Waals surface area contributed by atoms with Gasteiger partial charge in [0.25, 0.3) is 0 Å². The lowest BCUT2D eigenvalue weighted by Crippen LogP contribution is -2.03. The fourth-order valence-electron chi connectivity index (χ4n) is 6.79. The average molecular weight is 627 g/mol. The Morgan fingerprint density at radius 2 is 0.755 bits per heavy atom. The van der Waals surface area contributed by atoms with Crippen LogP contribution in [0.1, 0.15) is 0 Å². The molecule has 0 unspecified atom stereocenters. The second-order valence-electron chi connectivity index (χ2n) is 12.1. The first kappa shape index (κ1) is 28.6. The van der Waals surface area contributed by atoms with Crippen LogP contribution in [-0.4, -0.2) is 19.5 Å². The molecule has 230 valence electrons. The van der Waals surface area contributed by atoms with Crippen molar-refractivity contribution in [3.8, 4) is 62.1 Å². The van der Waals surface area contributed by atoms with Crippen molar-refractivity contribution in [2.45, 2.75) is 0 Å². The fourth-order valence-corrected chi connectivity index (χ4v) is 6.79. The molecular weight excluding hydrogens is 597 g/mol. The summed E-state index contributed by atoms with van der Waals surface area (Å²) in [4.78, 5) is 15.4. The van der Waals surface area contributed by atoms with Crippen molar-refractivity contribution in [3.05, 3.63) is 182 Å². The van der Waals surface area contributed by atoms with Gasteiger partial charge in [-0.1, -0.05) is 164 Å². The third kappa shape index (κ3) is 5.16. The Bertz CT molecular complexity index is 2540. The minimum absolute atomic E-state index is 0.619. The van der Waals surface area contributed by atoms with Gasteiger partial charge in [0.2, 0.25) is 0 Å². The Kier molecular flexibility index (Phi) is 7.10. The first-order valence-electron chi connectivity index (χ1n) is 16.5. The van der Waals surface area contributed by atoms with Gasteiger partial charge in [0.05, 0.1) is 16.7 Å². The van der Waals surface area contributed by atoms with Gasteiger partial charge in [0.15, 0.2) is 17.5 Å². The van der Waals surface area contributed by atoms with E-state index in [9.17, 15) is 0 Å². The normalized spacial score (nSPS) is 11.3. The van der Waals surface area contributed by atoms with Gasteiger partial charge in [-0.2, -0.15) is 0 Å². The van der Waals surface area contributed by atoms with Crippen molar-refractivity contribution in [2.75, 3.05) is 0 Å². The van der Waals surface area contributed by atoms with E-state index in [4.69, 9.17) is 15.0 Å². The molecule has 0 fully saturated rings. The summed E-state index contributed by atoms with van der Waals surface area (Å²) in [6.45, 7) is 0. The molecule has 2 aromatic heterocycles. The number of para-hydroxylation sites is 2. The molecule has 49 heavy (non-hydrogen) atoms. The molecule has 0 saturated heterocycles. The minimum atomic E-state index is 0.619. The van der Waals surface area contributed by atoms with Crippen LogP contribution in [0.2, 0.25) is 0 Å². The Balaban J connectivity index is 1.31. The molecule has 0 aliphatic heterocycles. The van der Waals surface area contributed by atoms with Gasteiger partial charge in [0, 0.05) is 33.0 Å². The highest BCUT2D eigenvalue weighted by atomic mass is 15.0. The van der Waals surface area contributed by atoms with Gasteiger partial charge in [-0.3, -0.25) is 0 Å². The number of nitrogens with zero attached hydrogens (tertiary/aromatic N) is 4. The maximum Gasteiger partial charge on any atom is 0.164 e. The van der Waals surface area contributed by atoms with E-state index in [0.717, 1.165) is 55.7 Å². The molecule has 0 aliphatic carbocycles. The summed E-state index contributed by atoms with van der Waals surface area (Å²) in [5.41, 5.74) is 10.6. The van der Waals surface area contributed by atoms with Gasteiger partial charge in [0.1, 0.15) is 0 Å². The molecule has 9 rings (SSSR count). The standard InChI is InChI=1S/C45H30N4/c1-4-16-31(17-5-1)35-22-10-11-25-39(35)45-47-43(33-20-8-3-9-21-33)46-44(48-45)34-28-29-36(32-18-6-2-7-19-32)42(30-34)49-40-26-14-12-23-37(40)38-24-13-15-27-41(38)49/h1-30H. The summed E-state index contributed by atoms with van der Waals surface area (Å²) in [6.07, 6.45) is 0. The first-order chi connectivity index (χ1) is 24.3. The highest BCUT2D eigenvalue weighted by Crippen LogP contribution is 2.38. The number of fused-ring (bicyclic) bond motifs is 3. The summed E-state index contributed by atoms with van der Waals surface area (Å²) < 4.78 is 2.38. The molecule has 0 spiro atoms. The van der Waals surface area contributed by atoms with Crippen LogP contribution in [0, 0.1) is 0 Å². The molecule has 0 aliphatic rings. The molecule has 4 heteroatoms. The van der Waals surface area contributed by atoms with E-state index in [0.29, 0.717) is 17.5 Å². The minimum Gasteiger partial charge on any atom is -0.309 e. The highest BCUT2D eigenvalue weighted by Gasteiger charge is 2.19. The van der Waals surface area contributed by atoms with Crippen molar-refractivity contribution in [1.29, 1.82) is 0 Å². The summed E-state index contributed by atoms with van der Waals surface area (Å²) >= 11 is 0. The van der Waals surface area contributed by atoms with Crippen molar-refractivity contribution in [2.24, 2.45) is 0 Å². The Morgan fingerprint density at radius 1 is 0.306 bits per heavy atom. The third-order valence-electron chi connectivity index (χ3n) is 9.08. The zero-order valence-corrected chi connectivity index (χ0v) is 26.6. The van der Waals surface area contributed by atoms with E-state index in [1.54, 1.807) is 0 Å². The van der Waals surface area contributed by atoms with Gasteiger partial charge in [-0.05, 0) is 34.9 Å². The van der Waals surface area contributed by atoms with Crippen LogP contribution in [0.25, 0.3) is 83.9 Å².